The minimum absolute atomic E-state index is 0.0112. The highest BCUT2D eigenvalue weighted by Gasteiger charge is 2.14. The first kappa shape index (κ1) is 14.7. The number of nitro benzene ring substituents is 1. The van der Waals surface area contributed by atoms with Crippen LogP contribution in [0.3, 0.4) is 0 Å². The zero-order valence-corrected chi connectivity index (χ0v) is 11.2. The van der Waals surface area contributed by atoms with E-state index in [0.717, 1.165) is 18.2 Å². The van der Waals surface area contributed by atoms with Crippen molar-refractivity contribution in [2.75, 3.05) is 11.1 Å². The van der Waals surface area contributed by atoms with Crippen LogP contribution in [0.1, 0.15) is 10.4 Å². The molecule has 1 amide bonds. The molecule has 2 aromatic rings. The molecule has 0 aromatic heterocycles. The van der Waals surface area contributed by atoms with Crippen LogP contribution in [-0.2, 0) is 0 Å². The van der Waals surface area contributed by atoms with E-state index in [2.05, 4.69) is 5.32 Å². The lowest BCUT2D eigenvalue weighted by atomic mass is 10.2. The van der Waals surface area contributed by atoms with E-state index in [0.29, 0.717) is 0 Å². The molecule has 0 aliphatic rings. The minimum atomic E-state index is -0.654. The van der Waals surface area contributed by atoms with Crippen molar-refractivity contribution in [3.05, 3.63) is 62.9 Å². The van der Waals surface area contributed by atoms with Crippen molar-refractivity contribution in [3.63, 3.8) is 0 Å². The van der Waals surface area contributed by atoms with Gasteiger partial charge in [-0.3, -0.25) is 14.9 Å². The smallest absolute Gasteiger partial charge is 0.271 e. The monoisotopic (exact) mass is 309 g/mol. The second-order valence-corrected chi connectivity index (χ2v) is 4.58. The van der Waals surface area contributed by atoms with Crippen LogP contribution in [-0.4, -0.2) is 10.8 Å². The third-order valence-corrected chi connectivity index (χ3v) is 2.83. The maximum absolute atomic E-state index is 13.0. The summed E-state index contributed by atoms with van der Waals surface area (Å²) in [5.41, 5.74) is 5.24. The van der Waals surface area contributed by atoms with Gasteiger partial charge in [0.25, 0.3) is 11.6 Å². The van der Waals surface area contributed by atoms with Crippen LogP contribution < -0.4 is 11.1 Å². The van der Waals surface area contributed by atoms with Gasteiger partial charge in [-0.15, -0.1) is 0 Å². The Hall–Kier alpha value is -2.67. The number of nitrogens with zero attached hydrogens (tertiary/aromatic N) is 1. The number of nitrogen functional groups attached to an aromatic ring is 1. The van der Waals surface area contributed by atoms with Crippen molar-refractivity contribution in [1.82, 2.24) is 0 Å². The molecular formula is C13H9ClFN3O3. The highest BCUT2D eigenvalue weighted by atomic mass is 35.5. The number of nitro groups is 1. The molecule has 0 fully saturated rings. The topological polar surface area (TPSA) is 98.3 Å². The van der Waals surface area contributed by atoms with Crippen LogP contribution in [0.2, 0.25) is 5.02 Å². The molecule has 108 valence electrons. The summed E-state index contributed by atoms with van der Waals surface area (Å²) < 4.78 is 13.0. The van der Waals surface area contributed by atoms with Crippen LogP contribution in [0, 0.1) is 15.9 Å². The molecular weight excluding hydrogens is 301 g/mol. The molecule has 0 radical (unpaired) electrons. The first-order valence-electron chi connectivity index (χ1n) is 5.68. The average Bonchev–Trinajstić information content (AvgIpc) is 2.42. The van der Waals surface area contributed by atoms with Crippen molar-refractivity contribution in [3.8, 4) is 0 Å². The normalized spacial score (nSPS) is 10.2. The number of benzene rings is 2. The van der Waals surface area contributed by atoms with E-state index in [1.807, 2.05) is 0 Å². The number of amides is 1. The Kier molecular flexibility index (Phi) is 4.04. The summed E-state index contributed by atoms with van der Waals surface area (Å²) in [6.07, 6.45) is 0. The molecule has 21 heavy (non-hydrogen) atoms. The van der Waals surface area contributed by atoms with Crippen LogP contribution in [0.4, 0.5) is 21.5 Å². The highest BCUT2D eigenvalue weighted by molar-refractivity contribution is 6.31. The first-order chi connectivity index (χ1) is 9.86. The van der Waals surface area contributed by atoms with Gasteiger partial charge >= 0.3 is 0 Å². The van der Waals surface area contributed by atoms with Gasteiger partial charge in [0, 0.05) is 28.4 Å². The van der Waals surface area contributed by atoms with E-state index in [-0.39, 0.29) is 27.6 Å². The Balaban J connectivity index is 2.27. The minimum Gasteiger partial charge on any atom is -0.396 e. The number of non-ortho nitro benzene ring substituents is 1. The fourth-order valence-corrected chi connectivity index (χ4v) is 1.86. The third kappa shape index (κ3) is 3.46. The largest absolute Gasteiger partial charge is 0.396 e. The van der Waals surface area contributed by atoms with Crippen LogP contribution in [0.15, 0.2) is 36.4 Å². The molecule has 0 saturated carbocycles. The number of nitrogens with one attached hydrogen (secondary N) is 1. The fourth-order valence-electron chi connectivity index (χ4n) is 1.64. The molecule has 0 atom stereocenters. The number of hydrogen-bond acceptors (Lipinski definition) is 4. The number of halogens is 2. The SMILES string of the molecule is Nc1cc(NC(=O)c2cc(Cl)cc([N+](=O)[O-])c2)ccc1F. The molecule has 2 rings (SSSR count). The van der Waals surface area contributed by atoms with Gasteiger partial charge in [0.05, 0.1) is 10.6 Å². The quantitative estimate of drug-likeness (QED) is 0.516. The Labute approximate surface area is 123 Å². The fraction of sp³-hybridized carbons (Fsp3) is 0. The molecule has 0 aliphatic heterocycles. The number of carbonyl (C=O) groups is 1. The summed E-state index contributed by atoms with van der Waals surface area (Å²) in [5.74, 6) is -1.22. The number of anilines is 2. The predicted molar refractivity (Wildman–Crippen MR) is 76.9 cm³/mol. The van der Waals surface area contributed by atoms with Crippen LogP contribution >= 0.6 is 11.6 Å². The molecule has 0 aliphatic carbocycles. The van der Waals surface area contributed by atoms with Crippen molar-refractivity contribution in [2.45, 2.75) is 0 Å². The van der Waals surface area contributed by atoms with E-state index >= 15 is 0 Å². The van der Waals surface area contributed by atoms with Crippen molar-refractivity contribution >= 4 is 34.6 Å². The molecule has 2 aromatic carbocycles. The van der Waals surface area contributed by atoms with Crippen LogP contribution in [0.25, 0.3) is 0 Å². The third-order valence-electron chi connectivity index (χ3n) is 2.61. The van der Waals surface area contributed by atoms with E-state index in [1.165, 1.54) is 18.2 Å². The van der Waals surface area contributed by atoms with Crippen molar-refractivity contribution in [1.29, 1.82) is 0 Å². The van der Waals surface area contributed by atoms with Gasteiger partial charge in [0.2, 0.25) is 0 Å². The second-order valence-electron chi connectivity index (χ2n) is 4.15. The number of rotatable bonds is 3. The molecule has 0 bridgehead atoms. The molecule has 0 unspecified atom stereocenters. The first-order valence-corrected chi connectivity index (χ1v) is 6.06. The highest BCUT2D eigenvalue weighted by Crippen LogP contribution is 2.22. The number of hydrogen-bond donors (Lipinski definition) is 2. The number of nitrogens with two attached hydrogens (primary N) is 1. The number of carbonyl (C=O) groups excluding carboxylic acids is 1. The predicted octanol–water partition coefficient (Wildman–Crippen LogP) is 3.22. The molecule has 8 heteroatoms. The molecule has 0 saturated heterocycles. The average molecular weight is 310 g/mol. The molecule has 0 spiro atoms. The lowest BCUT2D eigenvalue weighted by molar-refractivity contribution is -0.384. The Morgan fingerprint density at radius 3 is 2.62 bits per heavy atom. The summed E-state index contributed by atoms with van der Waals surface area (Å²) in [4.78, 5) is 22.1. The van der Waals surface area contributed by atoms with Gasteiger partial charge in [-0.25, -0.2) is 4.39 Å². The summed E-state index contributed by atoms with van der Waals surface area (Å²) in [6, 6.07) is 7.18. The summed E-state index contributed by atoms with van der Waals surface area (Å²) in [6.45, 7) is 0. The maximum Gasteiger partial charge on any atom is 0.271 e. The van der Waals surface area contributed by atoms with E-state index < -0.39 is 16.6 Å². The van der Waals surface area contributed by atoms with Gasteiger partial charge in [-0.05, 0) is 24.3 Å². The Morgan fingerprint density at radius 1 is 1.29 bits per heavy atom. The lowest BCUT2D eigenvalue weighted by Crippen LogP contribution is -2.12. The van der Waals surface area contributed by atoms with Gasteiger partial charge in [0.1, 0.15) is 5.82 Å². The Morgan fingerprint density at radius 2 is 2.00 bits per heavy atom. The van der Waals surface area contributed by atoms with Crippen molar-refractivity contribution in [2.24, 2.45) is 0 Å². The maximum atomic E-state index is 13.0. The standard InChI is InChI=1S/C13H9ClFN3O3/c14-8-3-7(4-10(5-8)18(20)21)13(19)17-9-1-2-11(15)12(16)6-9/h1-6H,16H2,(H,17,19). The second kappa shape index (κ2) is 5.76. The molecule has 3 N–H and O–H groups in total. The van der Waals surface area contributed by atoms with Gasteiger partial charge in [-0.2, -0.15) is 0 Å². The van der Waals surface area contributed by atoms with Gasteiger partial charge in [-0.1, -0.05) is 11.6 Å². The zero-order chi connectivity index (χ0) is 15.6. The molecule has 0 heterocycles. The van der Waals surface area contributed by atoms with E-state index in [1.54, 1.807) is 0 Å². The van der Waals surface area contributed by atoms with Crippen molar-refractivity contribution < 1.29 is 14.1 Å². The summed E-state index contributed by atoms with van der Waals surface area (Å²) >= 11 is 5.73. The van der Waals surface area contributed by atoms with E-state index in [4.69, 9.17) is 17.3 Å². The summed E-state index contributed by atoms with van der Waals surface area (Å²) in [7, 11) is 0. The van der Waals surface area contributed by atoms with Crippen LogP contribution in [0.5, 0.6) is 0 Å². The van der Waals surface area contributed by atoms with Gasteiger partial charge < -0.3 is 11.1 Å². The van der Waals surface area contributed by atoms with E-state index in [9.17, 15) is 19.3 Å². The lowest BCUT2D eigenvalue weighted by Gasteiger charge is -2.07. The zero-order valence-electron chi connectivity index (χ0n) is 10.5. The summed E-state index contributed by atoms with van der Waals surface area (Å²) in [5, 5.41) is 13.2. The van der Waals surface area contributed by atoms with Gasteiger partial charge in [0.15, 0.2) is 0 Å². The Bertz CT molecular complexity index is 737. The molecule has 6 nitrogen and oxygen atoms in total.